The van der Waals surface area contributed by atoms with Crippen LogP contribution in [-0.4, -0.2) is 21.0 Å². The van der Waals surface area contributed by atoms with Gasteiger partial charge in [-0.25, -0.2) is 14.8 Å². The third kappa shape index (κ3) is 2.45. The van der Waals surface area contributed by atoms with Gasteiger partial charge in [-0.1, -0.05) is 6.07 Å². The summed E-state index contributed by atoms with van der Waals surface area (Å²) in [5.41, 5.74) is 3.74. The Hall–Kier alpha value is -2.47. The molecule has 106 valence electrons. The van der Waals surface area contributed by atoms with Crippen LogP contribution in [0.3, 0.4) is 0 Å². The minimum Gasteiger partial charge on any atom is -0.478 e. The van der Waals surface area contributed by atoms with Gasteiger partial charge >= 0.3 is 5.97 Å². The van der Waals surface area contributed by atoms with E-state index in [-0.39, 0.29) is 5.56 Å². The Bertz CT molecular complexity index is 842. The number of fused-ring (bicyclic) bond motifs is 1. The minimum atomic E-state index is -0.934. The van der Waals surface area contributed by atoms with Gasteiger partial charge in [0.1, 0.15) is 6.33 Å². The van der Waals surface area contributed by atoms with Crippen molar-refractivity contribution in [1.82, 2.24) is 9.97 Å². The summed E-state index contributed by atoms with van der Waals surface area (Å²) in [5.74, 6) is -0.241. The van der Waals surface area contributed by atoms with Crippen molar-refractivity contribution in [2.75, 3.05) is 5.32 Å². The zero-order valence-corrected chi connectivity index (χ0v) is 12.4. The number of rotatable bonds is 3. The zero-order valence-electron chi connectivity index (χ0n) is 11.5. The second-order valence-electron chi connectivity index (χ2n) is 4.78. The quantitative estimate of drug-likeness (QED) is 0.770. The van der Waals surface area contributed by atoms with Gasteiger partial charge in [-0.05, 0) is 42.5 Å². The molecular formula is C15H13N3O2S. The SMILES string of the molecule is Cc1ccc(Nc2ncnc3c(C)csc23)cc1C(=O)O. The van der Waals surface area contributed by atoms with Crippen LogP contribution in [0.1, 0.15) is 21.5 Å². The molecule has 0 unspecified atom stereocenters. The van der Waals surface area contributed by atoms with E-state index >= 15 is 0 Å². The van der Waals surface area contributed by atoms with E-state index in [2.05, 4.69) is 15.3 Å². The minimum absolute atomic E-state index is 0.285. The van der Waals surface area contributed by atoms with Gasteiger partial charge in [-0.2, -0.15) is 0 Å². The molecular weight excluding hydrogens is 286 g/mol. The number of carboxylic acids is 1. The number of hydrogen-bond acceptors (Lipinski definition) is 5. The number of aromatic nitrogens is 2. The molecule has 0 amide bonds. The van der Waals surface area contributed by atoms with Crippen LogP contribution in [0, 0.1) is 13.8 Å². The number of benzene rings is 1. The van der Waals surface area contributed by atoms with Crippen molar-refractivity contribution in [3.63, 3.8) is 0 Å². The number of carbonyl (C=O) groups is 1. The third-order valence-electron chi connectivity index (χ3n) is 3.26. The Morgan fingerprint density at radius 1 is 1.24 bits per heavy atom. The molecule has 3 aromatic rings. The van der Waals surface area contributed by atoms with Crippen molar-refractivity contribution < 1.29 is 9.90 Å². The van der Waals surface area contributed by atoms with Crippen LogP contribution in [0.4, 0.5) is 11.5 Å². The van der Waals surface area contributed by atoms with Crippen molar-refractivity contribution in [1.29, 1.82) is 0 Å². The number of nitrogens with one attached hydrogen (secondary N) is 1. The molecule has 0 spiro atoms. The zero-order chi connectivity index (χ0) is 15.0. The molecule has 2 heterocycles. The number of carboxylic acid groups (broad SMARTS) is 1. The molecule has 0 saturated heterocycles. The second-order valence-corrected chi connectivity index (χ2v) is 5.66. The molecule has 0 aliphatic heterocycles. The van der Waals surface area contributed by atoms with Crippen LogP contribution in [0.5, 0.6) is 0 Å². The topological polar surface area (TPSA) is 75.1 Å². The van der Waals surface area contributed by atoms with Crippen LogP contribution in [-0.2, 0) is 0 Å². The molecule has 0 fully saturated rings. The van der Waals surface area contributed by atoms with Gasteiger partial charge in [-0.3, -0.25) is 0 Å². The molecule has 0 atom stereocenters. The van der Waals surface area contributed by atoms with E-state index in [0.29, 0.717) is 11.5 Å². The first-order valence-corrected chi connectivity index (χ1v) is 7.24. The lowest BCUT2D eigenvalue weighted by atomic mass is 10.1. The van der Waals surface area contributed by atoms with Gasteiger partial charge in [0.05, 0.1) is 15.8 Å². The van der Waals surface area contributed by atoms with Gasteiger partial charge in [0, 0.05) is 5.69 Å². The molecule has 6 heteroatoms. The predicted molar refractivity (Wildman–Crippen MR) is 83.6 cm³/mol. The molecule has 1 aromatic carbocycles. The average Bonchev–Trinajstić information content (AvgIpc) is 2.84. The molecule has 0 saturated carbocycles. The van der Waals surface area contributed by atoms with E-state index in [1.54, 1.807) is 30.4 Å². The van der Waals surface area contributed by atoms with Crippen LogP contribution in [0.2, 0.25) is 0 Å². The van der Waals surface area contributed by atoms with Crippen molar-refractivity contribution in [3.05, 3.63) is 46.6 Å². The van der Waals surface area contributed by atoms with Crippen LogP contribution in [0.15, 0.2) is 29.9 Å². The summed E-state index contributed by atoms with van der Waals surface area (Å²) in [6.07, 6.45) is 1.51. The number of aryl methyl sites for hydroxylation is 2. The maximum absolute atomic E-state index is 11.2. The van der Waals surface area contributed by atoms with Crippen molar-refractivity contribution in [3.8, 4) is 0 Å². The normalized spacial score (nSPS) is 10.8. The Morgan fingerprint density at radius 2 is 2.05 bits per heavy atom. The van der Waals surface area contributed by atoms with Crippen molar-refractivity contribution in [2.24, 2.45) is 0 Å². The second kappa shape index (κ2) is 5.14. The molecule has 0 radical (unpaired) electrons. The van der Waals surface area contributed by atoms with Gasteiger partial charge in [-0.15, -0.1) is 11.3 Å². The van der Waals surface area contributed by atoms with E-state index in [9.17, 15) is 9.90 Å². The van der Waals surface area contributed by atoms with Gasteiger partial charge in [0.25, 0.3) is 0 Å². The van der Waals surface area contributed by atoms with E-state index in [4.69, 9.17) is 0 Å². The first-order chi connectivity index (χ1) is 10.1. The predicted octanol–water partition coefficient (Wildman–Crippen LogP) is 3.75. The van der Waals surface area contributed by atoms with Crippen molar-refractivity contribution >= 4 is 39.0 Å². The van der Waals surface area contributed by atoms with E-state index in [1.807, 2.05) is 18.4 Å². The molecule has 0 aliphatic carbocycles. The summed E-state index contributed by atoms with van der Waals surface area (Å²) in [6.45, 7) is 3.78. The highest BCUT2D eigenvalue weighted by Crippen LogP contribution is 2.30. The van der Waals surface area contributed by atoms with Crippen molar-refractivity contribution in [2.45, 2.75) is 13.8 Å². The van der Waals surface area contributed by atoms with Gasteiger partial charge in [0.15, 0.2) is 5.82 Å². The monoisotopic (exact) mass is 299 g/mol. The fourth-order valence-corrected chi connectivity index (χ4v) is 3.07. The number of anilines is 2. The number of hydrogen-bond donors (Lipinski definition) is 2. The number of aromatic carboxylic acids is 1. The highest BCUT2D eigenvalue weighted by molar-refractivity contribution is 7.18. The third-order valence-corrected chi connectivity index (χ3v) is 4.36. The fraction of sp³-hybridized carbons (Fsp3) is 0.133. The summed E-state index contributed by atoms with van der Waals surface area (Å²) in [5, 5.41) is 14.4. The smallest absolute Gasteiger partial charge is 0.336 e. The van der Waals surface area contributed by atoms with Crippen LogP contribution >= 0.6 is 11.3 Å². The number of thiophene rings is 1. The summed E-state index contributed by atoms with van der Waals surface area (Å²) in [7, 11) is 0. The lowest BCUT2D eigenvalue weighted by Gasteiger charge is -2.08. The summed E-state index contributed by atoms with van der Waals surface area (Å²) < 4.78 is 0.965. The molecule has 3 rings (SSSR count). The summed E-state index contributed by atoms with van der Waals surface area (Å²) in [6, 6.07) is 5.24. The maximum atomic E-state index is 11.2. The average molecular weight is 299 g/mol. The molecule has 0 bridgehead atoms. The molecule has 2 aromatic heterocycles. The lowest BCUT2D eigenvalue weighted by Crippen LogP contribution is -2.02. The van der Waals surface area contributed by atoms with Crippen LogP contribution in [0.25, 0.3) is 10.2 Å². The summed E-state index contributed by atoms with van der Waals surface area (Å²) in [4.78, 5) is 19.7. The molecule has 5 nitrogen and oxygen atoms in total. The lowest BCUT2D eigenvalue weighted by molar-refractivity contribution is 0.0696. The Labute approximate surface area is 125 Å². The molecule has 0 aliphatic rings. The Morgan fingerprint density at radius 3 is 2.81 bits per heavy atom. The first-order valence-electron chi connectivity index (χ1n) is 6.36. The van der Waals surface area contributed by atoms with Gasteiger partial charge in [0.2, 0.25) is 0 Å². The van der Waals surface area contributed by atoms with E-state index < -0.39 is 5.97 Å². The number of nitrogens with zero attached hydrogens (tertiary/aromatic N) is 2. The largest absolute Gasteiger partial charge is 0.478 e. The first kappa shape index (κ1) is 13.5. The highest BCUT2D eigenvalue weighted by Gasteiger charge is 2.11. The molecule has 21 heavy (non-hydrogen) atoms. The standard InChI is InChI=1S/C15H13N3O2S/c1-8-3-4-10(5-11(8)15(19)20)18-14-13-12(16-7-17-14)9(2)6-21-13/h3-7H,1-2H3,(H,19,20)(H,16,17,18). The highest BCUT2D eigenvalue weighted by atomic mass is 32.1. The Balaban J connectivity index is 2.03. The summed E-state index contributed by atoms with van der Waals surface area (Å²) >= 11 is 1.57. The Kier molecular flexibility index (Phi) is 3.31. The maximum Gasteiger partial charge on any atom is 0.336 e. The van der Waals surface area contributed by atoms with E-state index in [0.717, 1.165) is 21.3 Å². The molecule has 2 N–H and O–H groups in total. The van der Waals surface area contributed by atoms with Crippen LogP contribution < -0.4 is 5.32 Å². The van der Waals surface area contributed by atoms with Gasteiger partial charge < -0.3 is 10.4 Å². The fourth-order valence-electron chi connectivity index (χ4n) is 2.13. The van der Waals surface area contributed by atoms with E-state index in [1.165, 1.54) is 6.33 Å².